The monoisotopic (exact) mass is 387 g/mol. The van der Waals surface area contributed by atoms with E-state index in [1.54, 1.807) is 0 Å². The third-order valence-corrected chi connectivity index (χ3v) is 3.17. The van der Waals surface area contributed by atoms with Gasteiger partial charge in [0.15, 0.2) is 0 Å². The fraction of sp³-hybridized carbons (Fsp3) is 0.696. The van der Waals surface area contributed by atoms with Gasteiger partial charge in [-0.3, -0.25) is 0 Å². The summed E-state index contributed by atoms with van der Waals surface area (Å²) in [5, 5.41) is 0. The van der Waals surface area contributed by atoms with Gasteiger partial charge in [0.2, 0.25) is 0 Å². The van der Waals surface area contributed by atoms with Crippen molar-refractivity contribution in [1.29, 1.82) is 0 Å². The largest absolute Gasteiger partial charge is 2.00 e. The maximum atomic E-state index is 5.36. The van der Waals surface area contributed by atoms with Gasteiger partial charge in [-0.1, -0.05) is 81.6 Å². The Balaban J connectivity index is -0.000000128. The van der Waals surface area contributed by atoms with Crippen molar-refractivity contribution in [2.75, 3.05) is 6.61 Å². The van der Waals surface area contributed by atoms with Crippen molar-refractivity contribution >= 4 is 0 Å². The number of fused-ring (bicyclic) bond motifs is 1. The van der Waals surface area contributed by atoms with Gasteiger partial charge in [-0.05, 0) is 5.92 Å². The molecule has 0 amide bonds. The molecule has 2 heteroatoms. The van der Waals surface area contributed by atoms with Gasteiger partial charge in [0.25, 0.3) is 0 Å². The Morgan fingerprint density at radius 1 is 0.920 bits per heavy atom. The first kappa shape index (κ1) is 32.3. The second kappa shape index (κ2) is 28.4. The Bertz CT molecular complexity index is 310. The Morgan fingerprint density at radius 3 is 1.80 bits per heavy atom. The summed E-state index contributed by atoms with van der Waals surface area (Å²) in [7, 11) is 0. The standard InChI is InChI=1S/C9H9O.C6H11.4C2H6.V/c1-7-6-10-9-5-3-2-4-8(7)9;1-2-4-6-5-3-1;4*1-2;/h2-4,7H,6H2,1H3;1H,2-6H2;4*1-2H3;/q2*-1;;;;;+2. The van der Waals surface area contributed by atoms with Gasteiger partial charge in [0.05, 0.1) is 6.61 Å². The zero-order valence-electron chi connectivity index (χ0n) is 18.5. The average molecular weight is 388 g/mol. The number of ether oxygens (including phenoxy) is 1. The molecule has 1 aromatic rings. The van der Waals surface area contributed by atoms with Crippen molar-refractivity contribution in [3.05, 3.63) is 36.2 Å². The summed E-state index contributed by atoms with van der Waals surface area (Å²) >= 11 is 0. The topological polar surface area (TPSA) is 9.23 Å². The summed E-state index contributed by atoms with van der Waals surface area (Å²) in [6.07, 6.45) is 9.50. The van der Waals surface area contributed by atoms with Crippen LogP contribution in [0.1, 0.15) is 106 Å². The third kappa shape index (κ3) is 16.8. The molecule has 25 heavy (non-hydrogen) atoms. The summed E-state index contributed by atoms with van der Waals surface area (Å²) in [5.41, 5.74) is 1.29. The molecule has 1 unspecified atom stereocenters. The molecule has 0 aromatic heterocycles. The molecule has 2 aliphatic rings. The van der Waals surface area contributed by atoms with Crippen molar-refractivity contribution in [2.45, 2.75) is 100 Å². The molecular weight excluding hydrogens is 343 g/mol. The van der Waals surface area contributed by atoms with Gasteiger partial charge < -0.3 is 11.2 Å². The fourth-order valence-electron chi connectivity index (χ4n) is 2.14. The van der Waals surface area contributed by atoms with Crippen molar-refractivity contribution in [2.24, 2.45) is 0 Å². The molecule has 1 saturated carbocycles. The second-order valence-corrected chi connectivity index (χ2v) is 4.59. The van der Waals surface area contributed by atoms with Crippen LogP contribution in [0.25, 0.3) is 0 Å². The van der Waals surface area contributed by atoms with Crippen LogP contribution in [-0.4, -0.2) is 6.61 Å². The van der Waals surface area contributed by atoms with Gasteiger partial charge >= 0.3 is 18.6 Å². The van der Waals surface area contributed by atoms with Crippen LogP contribution in [0.15, 0.2) is 18.2 Å². The first-order chi connectivity index (χ1) is 11.9. The summed E-state index contributed by atoms with van der Waals surface area (Å²) in [5.74, 6) is 1.49. The van der Waals surface area contributed by atoms with E-state index in [4.69, 9.17) is 4.74 Å². The van der Waals surface area contributed by atoms with E-state index >= 15 is 0 Å². The van der Waals surface area contributed by atoms with E-state index in [0.717, 1.165) is 12.4 Å². The molecule has 1 atom stereocenters. The van der Waals surface area contributed by atoms with Crippen LogP contribution in [-0.2, 0) is 18.6 Å². The van der Waals surface area contributed by atoms with Crippen LogP contribution in [0.5, 0.6) is 5.75 Å². The predicted octanol–water partition coefficient (Wildman–Crippen LogP) is 8.24. The molecular formula is C23H44OV. The van der Waals surface area contributed by atoms with Gasteiger partial charge in [0, 0.05) is 5.75 Å². The quantitative estimate of drug-likeness (QED) is 0.407. The van der Waals surface area contributed by atoms with Gasteiger partial charge in [-0.25, -0.2) is 0 Å². The normalized spacial score (nSPS) is 15.5. The van der Waals surface area contributed by atoms with E-state index in [0.29, 0.717) is 5.92 Å². The van der Waals surface area contributed by atoms with Crippen molar-refractivity contribution in [3.8, 4) is 5.75 Å². The first-order valence-corrected chi connectivity index (χ1v) is 10.3. The van der Waals surface area contributed by atoms with Gasteiger partial charge in [-0.2, -0.15) is 31.0 Å². The molecule has 0 bridgehead atoms. The molecule has 3 rings (SSSR count). The van der Waals surface area contributed by atoms with E-state index < -0.39 is 0 Å². The summed E-state index contributed by atoms with van der Waals surface area (Å²) in [6, 6.07) is 9.05. The second-order valence-electron chi connectivity index (χ2n) is 4.59. The van der Waals surface area contributed by atoms with E-state index in [1.807, 2.05) is 67.5 Å². The van der Waals surface area contributed by atoms with E-state index in [1.165, 1.54) is 37.7 Å². The van der Waals surface area contributed by atoms with E-state index in [-0.39, 0.29) is 18.6 Å². The number of rotatable bonds is 0. The van der Waals surface area contributed by atoms with Gasteiger partial charge in [-0.15, -0.1) is 11.6 Å². The summed E-state index contributed by atoms with van der Waals surface area (Å²) in [4.78, 5) is 0. The molecule has 0 saturated heterocycles. The van der Waals surface area contributed by atoms with Crippen LogP contribution in [0, 0.1) is 12.5 Å². The first-order valence-electron chi connectivity index (χ1n) is 10.3. The molecule has 1 aliphatic carbocycles. The maximum absolute atomic E-state index is 5.36. The number of hydrogen-bond donors (Lipinski definition) is 0. The van der Waals surface area contributed by atoms with Crippen molar-refractivity contribution in [3.63, 3.8) is 0 Å². The molecule has 1 nitrogen and oxygen atoms in total. The fourth-order valence-corrected chi connectivity index (χ4v) is 2.14. The maximum Gasteiger partial charge on any atom is 2.00 e. The van der Waals surface area contributed by atoms with Crippen LogP contribution in [0.2, 0.25) is 0 Å². The van der Waals surface area contributed by atoms with Crippen LogP contribution < -0.4 is 4.74 Å². The number of benzene rings is 1. The molecule has 147 valence electrons. The van der Waals surface area contributed by atoms with Crippen LogP contribution >= 0.6 is 0 Å². The molecule has 1 heterocycles. The van der Waals surface area contributed by atoms with Crippen molar-refractivity contribution < 1.29 is 23.3 Å². The van der Waals surface area contributed by atoms with Crippen LogP contribution in [0.3, 0.4) is 0 Å². The van der Waals surface area contributed by atoms with Crippen molar-refractivity contribution in [1.82, 2.24) is 0 Å². The SMILES string of the molecule is CC.CC.CC.CC.CC1COc2[c-]cccc21.[CH-]1CCCCC1.[V+2]. The van der Waals surface area contributed by atoms with E-state index in [2.05, 4.69) is 25.5 Å². The zero-order valence-corrected chi connectivity index (χ0v) is 19.9. The minimum atomic E-state index is 0. The molecule has 0 N–H and O–H groups in total. The summed E-state index contributed by atoms with van der Waals surface area (Å²) in [6.45, 7) is 19.0. The molecule has 1 fully saturated rings. The summed E-state index contributed by atoms with van der Waals surface area (Å²) < 4.78 is 5.36. The Labute approximate surface area is 172 Å². The minimum Gasteiger partial charge on any atom is -0.520 e. The average Bonchev–Trinajstić information content (AvgIpc) is 3.11. The van der Waals surface area contributed by atoms with Gasteiger partial charge in [0.1, 0.15) is 0 Å². The number of hydrogen-bond acceptors (Lipinski definition) is 1. The van der Waals surface area contributed by atoms with Crippen LogP contribution in [0.4, 0.5) is 0 Å². The molecule has 1 radical (unpaired) electrons. The minimum absolute atomic E-state index is 0. The Morgan fingerprint density at radius 2 is 1.44 bits per heavy atom. The number of para-hydroxylation sites is 1. The molecule has 1 aliphatic heterocycles. The smallest absolute Gasteiger partial charge is 0.520 e. The third-order valence-electron chi connectivity index (χ3n) is 3.17. The molecule has 0 spiro atoms. The zero-order chi connectivity index (χ0) is 19.2. The predicted molar refractivity (Wildman–Crippen MR) is 112 cm³/mol. The Hall–Kier alpha value is -0.396. The molecule has 1 aromatic carbocycles. The van der Waals surface area contributed by atoms with E-state index in [9.17, 15) is 0 Å². The Kier molecular flexibility index (Phi) is 36.7.